The molecule has 0 radical (unpaired) electrons. The second-order valence-corrected chi connectivity index (χ2v) is 5.87. The first-order chi connectivity index (χ1) is 10.2. The van der Waals surface area contributed by atoms with Crippen LogP contribution in [0.1, 0.15) is 37.4 Å². The van der Waals surface area contributed by atoms with Crippen LogP contribution in [0.15, 0.2) is 24.3 Å². The van der Waals surface area contributed by atoms with Crippen molar-refractivity contribution in [3.63, 3.8) is 0 Å². The van der Waals surface area contributed by atoms with E-state index in [-0.39, 0.29) is 33.1 Å². The predicted molar refractivity (Wildman–Crippen MR) is 104 cm³/mol. The molecular formula is C16H22N4OS2. The Morgan fingerprint density at radius 1 is 1.04 bits per heavy atom. The average Bonchev–Trinajstić information content (AvgIpc) is 2.94. The third-order valence-electron chi connectivity index (χ3n) is 4.46. The summed E-state index contributed by atoms with van der Waals surface area (Å²) in [5.41, 5.74) is 8.67. The topological polar surface area (TPSA) is 87.8 Å². The third kappa shape index (κ3) is 3.13. The van der Waals surface area contributed by atoms with Gasteiger partial charge in [0.05, 0.1) is 11.6 Å². The molecule has 0 aliphatic heterocycles. The number of nitrogen functional groups attached to an aromatic ring is 1. The lowest BCUT2D eigenvalue weighted by molar-refractivity contribution is 0.121. The first-order valence-corrected chi connectivity index (χ1v) is 7.44. The Labute approximate surface area is 148 Å². The highest BCUT2D eigenvalue weighted by atomic mass is 32.1. The second-order valence-electron chi connectivity index (χ2n) is 5.87. The summed E-state index contributed by atoms with van der Waals surface area (Å²) in [5.74, 6) is 1.85. The number of anilines is 1. The minimum atomic E-state index is -0.154. The second kappa shape index (κ2) is 6.98. The molecule has 0 bridgehead atoms. The summed E-state index contributed by atoms with van der Waals surface area (Å²) in [6.45, 7) is 0. The molecule has 0 amide bonds. The van der Waals surface area contributed by atoms with Crippen LogP contribution < -0.4 is 5.73 Å². The van der Waals surface area contributed by atoms with Gasteiger partial charge in [-0.15, -0.1) is 0 Å². The molecule has 2 heterocycles. The molecular weight excluding hydrogens is 328 g/mol. The molecule has 1 aliphatic rings. The van der Waals surface area contributed by atoms with Crippen LogP contribution in [0.5, 0.6) is 0 Å². The molecule has 0 saturated heterocycles. The molecule has 4 N–H and O–H groups in total. The Morgan fingerprint density at radius 2 is 1.74 bits per heavy atom. The molecule has 0 unspecified atom stereocenters. The molecule has 1 aliphatic carbocycles. The number of nitrogens with zero attached hydrogens (tertiary/aromatic N) is 2. The number of fused-ring (bicyclic) bond motifs is 3. The highest BCUT2D eigenvalue weighted by Crippen LogP contribution is 2.34. The summed E-state index contributed by atoms with van der Waals surface area (Å²) in [5, 5.41) is 10.7. The third-order valence-corrected chi connectivity index (χ3v) is 4.46. The number of aliphatic hydroxyl groups excluding tert-OH is 1. The average molecular weight is 351 g/mol. The number of aromatic nitrogens is 3. The summed E-state index contributed by atoms with van der Waals surface area (Å²) in [6.07, 6.45) is 3.46. The number of imidazole rings is 1. The number of H-pyrrole nitrogens is 1. The van der Waals surface area contributed by atoms with Crippen molar-refractivity contribution in [3.8, 4) is 0 Å². The van der Waals surface area contributed by atoms with E-state index in [2.05, 4.69) is 9.97 Å². The monoisotopic (exact) mass is 350 g/mol. The minimum absolute atomic E-state index is 0. The van der Waals surface area contributed by atoms with E-state index >= 15 is 0 Å². The summed E-state index contributed by atoms with van der Waals surface area (Å²) in [4.78, 5) is 12.6. The number of aliphatic hydroxyl groups is 1. The predicted octanol–water partition coefficient (Wildman–Crippen LogP) is 2.94. The van der Waals surface area contributed by atoms with Crippen LogP contribution >= 0.6 is 27.0 Å². The largest absolute Gasteiger partial charge is 0.393 e. The number of hydrogen-bond acceptors (Lipinski definition) is 4. The Hall–Kier alpha value is -1.44. The molecule has 4 rings (SSSR count). The number of para-hydroxylation sites is 1. The molecule has 2 aromatic heterocycles. The van der Waals surface area contributed by atoms with Gasteiger partial charge in [0.15, 0.2) is 0 Å². The van der Waals surface area contributed by atoms with E-state index in [1.807, 2.05) is 24.3 Å². The van der Waals surface area contributed by atoms with Crippen molar-refractivity contribution in [1.29, 1.82) is 0 Å². The quantitative estimate of drug-likeness (QED) is 0.630. The van der Waals surface area contributed by atoms with Crippen molar-refractivity contribution in [2.24, 2.45) is 0 Å². The molecule has 3 aromatic rings. The van der Waals surface area contributed by atoms with Gasteiger partial charge in [0, 0.05) is 11.3 Å². The van der Waals surface area contributed by atoms with E-state index in [0.29, 0.717) is 11.7 Å². The molecule has 1 fully saturated rings. The van der Waals surface area contributed by atoms with Crippen molar-refractivity contribution < 1.29 is 5.11 Å². The maximum absolute atomic E-state index is 9.64. The van der Waals surface area contributed by atoms with Gasteiger partial charge in [0.25, 0.3) is 0 Å². The number of benzene rings is 1. The highest BCUT2D eigenvalue weighted by molar-refractivity contribution is 7.59. The Kier molecular flexibility index (Phi) is 5.44. The summed E-state index contributed by atoms with van der Waals surface area (Å²) in [7, 11) is 0. The number of pyridine rings is 1. The Morgan fingerprint density at radius 3 is 2.48 bits per heavy atom. The molecule has 124 valence electrons. The van der Waals surface area contributed by atoms with Crippen LogP contribution in [0.4, 0.5) is 5.82 Å². The molecule has 0 atom stereocenters. The summed E-state index contributed by atoms with van der Waals surface area (Å²) >= 11 is 0. The van der Waals surface area contributed by atoms with Gasteiger partial charge in [-0.25, -0.2) is 9.97 Å². The number of nitrogens with one attached hydrogen (secondary N) is 1. The van der Waals surface area contributed by atoms with Crippen molar-refractivity contribution >= 4 is 54.7 Å². The van der Waals surface area contributed by atoms with Crippen molar-refractivity contribution in [2.45, 2.75) is 37.7 Å². The van der Waals surface area contributed by atoms with E-state index in [0.717, 1.165) is 53.4 Å². The molecule has 7 heteroatoms. The lowest BCUT2D eigenvalue weighted by Gasteiger charge is -2.23. The smallest absolute Gasteiger partial charge is 0.150 e. The summed E-state index contributed by atoms with van der Waals surface area (Å²) in [6, 6.07) is 7.93. The fraction of sp³-hybridized carbons (Fsp3) is 0.375. The molecule has 23 heavy (non-hydrogen) atoms. The lowest BCUT2D eigenvalue weighted by Crippen LogP contribution is -2.17. The van der Waals surface area contributed by atoms with E-state index in [1.165, 1.54) is 0 Å². The van der Waals surface area contributed by atoms with Gasteiger partial charge in [-0.3, -0.25) is 0 Å². The van der Waals surface area contributed by atoms with Crippen LogP contribution in [-0.4, -0.2) is 26.2 Å². The van der Waals surface area contributed by atoms with Crippen LogP contribution in [0.25, 0.3) is 21.9 Å². The van der Waals surface area contributed by atoms with Crippen molar-refractivity contribution in [3.05, 3.63) is 30.1 Å². The molecule has 1 aromatic carbocycles. The minimum Gasteiger partial charge on any atom is -0.393 e. The van der Waals surface area contributed by atoms with Gasteiger partial charge >= 0.3 is 0 Å². The van der Waals surface area contributed by atoms with Gasteiger partial charge in [0.2, 0.25) is 0 Å². The normalized spacial score (nSPS) is 20.9. The van der Waals surface area contributed by atoms with Crippen LogP contribution in [0.2, 0.25) is 0 Å². The first kappa shape index (κ1) is 17.9. The Bertz CT molecular complexity index is 812. The maximum Gasteiger partial charge on any atom is 0.150 e. The fourth-order valence-corrected chi connectivity index (χ4v) is 3.27. The van der Waals surface area contributed by atoms with Gasteiger partial charge in [-0.1, -0.05) is 18.2 Å². The van der Waals surface area contributed by atoms with Gasteiger partial charge in [-0.2, -0.15) is 27.0 Å². The number of rotatable bonds is 1. The zero-order chi connectivity index (χ0) is 14.4. The van der Waals surface area contributed by atoms with Crippen LogP contribution in [0, 0.1) is 0 Å². The molecule has 5 nitrogen and oxygen atoms in total. The van der Waals surface area contributed by atoms with E-state index in [4.69, 9.17) is 10.7 Å². The molecule has 0 spiro atoms. The highest BCUT2D eigenvalue weighted by Gasteiger charge is 2.24. The zero-order valence-corrected chi connectivity index (χ0v) is 14.7. The zero-order valence-electron chi connectivity index (χ0n) is 12.7. The van der Waals surface area contributed by atoms with E-state index < -0.39 is 0 Å². The van der Waals surface area contributed by atoms with Crippen molar-refractivity contribution in [1.82, 2.24) is 15.0 Å². The molecule has 1 saturated carbocycles. The number of nitrogens with two attached hydrogens (primary N) is 1. The Balaban J connectivity index is 0.000000960. The number of hydrogen-bond donors (Lipinski definition) is 3. The van der Waals surface area contributed by atoms with Crippen LogP contribution in [-0.2, 0) is 0 Å². The SMILES string of the molecule is Nc1nc2ccccc2c2nc(C3CCC(O)CC3)[nH]c12.S.S. The standard InChI is InChI=1S/C16H18N4O.2H2S/c17-15-14-13(11-3-1-2-4-12(11)18-15)19-16(20-14)9-5-7-10(21)8-6-9;;/h1-4,9-10,21H,5-8H2,(H2,17,18)(H,19,20);2*1H2. The summed E-state index contributed by atoms with van der Waals surface area (Å²) < 4.78 is 0. The number of aromatic amines is 1. The first-order valence-electron chi connectivity index (χ1n) is 7.44. The van der Waals surface area contributed by atoms with Gasteiger partial charge in [0.1, 0.15) is 22.7 Å². The van der Waals surface area contributed by atoms with Gasteiger partial charge in [-0.05, 0) is 31.7 Å². The van der Waals surface area contributed by atoms with Crippen molar-refractivity contribution in [2.75, 3.05) is 5.73 Å². The van der Waals surface area contributed by atoms with Crippen LogP contribution in [0.3, 0.4) is 0 Å². The van der Waals surface area contributed by atoms with Gasteiger partial charge < -0.3 is 15.8 Å². The maximum atomic E-state index is 9.64. The van der Waals surface area contributed by atoms with E-state index in [1.54, 1.807) is 0 Å². The fourth-order valence-electron chi connectivity index (χ4n) is 3.27. The lowest BCUT2D eigenvalue weighted by atomic mass is 9.87. The van der Waals surface area contributed by atoms with E-state index in [9.17, 15) is 5.11 Å².